The number of alkyl halides is 2. The van der Waals surface area contributed by atoms with Gasteiger partial charge in [-0.25, -0.2) is 0 Å². The Morgan fingerprint density at radius 1 is 0.945 bits per heavy atom. The van der Waals surface area contributed by atoms with E-state index in [4.69, 9.17) is 42.1 Å². The molecule has 18 heteroatoms. The van der Waals surface area contributed by atoms with Crippen molar-refractivity contribution < 1.29 is 55.6 Å². The van der Waals surface area contributed by atoms with Crippen LogP contribution in [0.4, 0.5) is 14.5 Å². The maximum absolute atomic E-state index is 13.3. The van der Waals surface area contributed by atoms with Crippen LogP contribution in [-0.2, 0) is 36.8 Å². The number of hydrogen-bond donors (Lipinski definition) is 1. The monoisotopic (exact) mass is 826 g/mol. The molecule has 298 valence electrons. The molecule has 0 spiro atoms. The SMILES string of the molecule is CC(C)(C)OC(=O)CN(c1ccc(C(=O)NCC(=O)O[C@@H](Cc2c(Cl)cncc2Cl)c2ccc(OC(F)F)c(OCC3CC3)c2)cc1OCC1CC1)S(=O)[O-]. The third-order valence-electron chi connectivity index (χ3n) is 8.27. The van der Waals surface area contributed by atoms with E-state index in [2.05, 4.69) is 15.0 Å². The van der Waals surface area contributed by atoms with Crippen molar-refractivity contribution in [3.05, 3.63) is 75.5 Å². The molecule has 1 aromatic heterocycles. The van der Waals surface area contributed by atoms with Crippen LogP contribution in [0.3, 0.4) is 0 Å². The van der Waals surface area contributed by atoms with Gasteiger partial charge in [0.1, 0.15) is 30.5 Å². The van der Waals surface area contributed by atoms with E-state index in [1.165, 1.54) is 48.8 Å². The van der Waals surface area contributed by atoms with Crippen molar-refractivity contribution in [3.8, 4) is 17.2 Å². The summed E-state index contributed by atoms with van der Waals surface area (Å²) in [6.07, 6.45) is 5.34. The normalized spacial score (nSPS) is 15.1. The van der Waals surface area contributed by atoms with Crippen LogP contribution in [0, 0.1) is 11.8 Å². The number of benzene rings is 2. The molecule has 2 saturated carbocycles. The highest BCUT2D eigenvalue weighted by atomic mass is 35.5. The van der Waals surface area contributed by atoms with Gasteiger partial charge in [-0.3, -0.25) is 27.9 Å². The third-order valence-corrected chi connectivity index (χ3v) is 9.61. The van der Waals surface area contributed by atoms with Crippen molar-refractivity contribution in [2.75, 3.05) is 30.6 Å². The summed E-state index contributed by atoms with van der Waals surface area (Å²) in [6, 6.07) is 8.11. The number of anilines is 1. The molecule has 1 N–H and O–H groups in total. The Kier molecular flexibility index (Phi) is 14.2. The van der Waals surface area contributed by atoms with Gasteiger partial charge in [0.25, 0.3) is 5.91 Å². The Morgan fingerprint density at radius 3 is 2.16 bits per heavy atom. The number of halogens is 4. The molecule has 1 unspecified atom stereocenters. The van der Waals surface area contributed by atoms with Crippen LogP contribution < -0.4 is 23.8 Å². The smallest absolute Gasteiger partial charge is 0.387 e. The first-order chi connectivity index (χ1) is 26.1. The molecule has 2 aromatic carbocycles. The highest BCUT2D eigenvalue weighted by molar-refractivity contribution is 7.80. The summed E-state index contributed by atoms with van der Waals surface area (Å²) in [5.74, 6) is -1.98. The number of ether oxygens (including phenoxy) is 5. The van der Waals surface area contributed by atoms with Crippen molar-refractivity contribution in [2.24, 2.45) is 11.8 Å². The summed E-state index contributed by atoms with van der Waals surface area (Å²) in [4.78, 5) is 43.1. The fourth-order valence-corrected chi connectivity index (χ4v) is 6.24. The molecule has 13 nitrogen and oxygen atoms in total. The summed E-state index contributed by atoms with van der Waals surface area (Å²) < 4.78 is 79.2. The van der Waals surface area contributed by atoms with Crippen LogP contribution in [0.5, 0.6) is 17.2 Å². The first-order valence-electron chi connectivity index (χ1n) is 17.4. The van der Waals surface area contributed by atoms with E-state index >= 15 is 0 Å². The number of esters is 2. The molecule has 55 heavy (non-hydrogen) atoms. The zero-order chi connectivity index (χ0) is 39.9. The first-order valence-corrected chi connectivity index (χ1v) is 19.2. The van der Waals surface area contributed by atoms with E-state index in [1.54, 1.807) is 20.8 Å². The van der Waals surface area contributed by atoms with Gasteiger partial charge in [-0.1, -0.05) is 29.3 Å². The van der Waals surface area contributed by atoms with Crippen LogP contribution >= 0.6 is 23.2 Å². The Morgan fingerprint density at radius 2 is 1.58 bits per heavy atom. The molecule has 0 bridgehead atoms. The van der Waals surface area contributed by atoms with E-state index in [-0.39, 0.29) is 64.1 Å². The molecule has 2 fully saturated rings. The number of pyridine rings is 1. The van der Waals surface area contributed by atoms with E-state index in [9.17, 15) is 31.9 Å². The lowest BCUT2D eigenvalue weighted by molar-refractivity contribution is -0.153. The maximum atomic E-state index is 13.3. The average Bonchev–Trinajstić information content (AvgIpc) is 4.05. The molecule has 1 heterocycles. The minimum Gasteiger partial charge on any atom is -0.755 e. The van der Waals surface area contributed by atoms with Gasteiger partial charge in [-0.2, -0.15) is 8.78 Å². The van der Waals surface area contributed by atoms with Gasteiger partial charge in [0.05, 0.1) is 28.9 Å². The lowest BCUT2D eigenvalue weighted by Gasteiger charge is -2.29. The molecular weight excluding hydrogens is 787 g/mol. The van der Waals surface area contributed by atoms with Crippen molar-refractivity contribution in [2.45, 2.75) is 71.2 Å². The Bertz CT molecular complexity index is 1870. The summed E-state index contributed by atoms with van der Waals surface area (Å²) in [5, 5.41) is 2.88. The summed E-state index contributed by atoms with van der Waals surface area (Å²) in [7, 11) is 0. The van der Waals surface area contributed by atoms with Crippen LogP contribution in [0.2, 0.25) is 10.0 Å². The van der Waals surface area contributed by atoms with Crippen molar-refractivity contribution in [1.29, 1.82) is 0 Å². The number of carbonyl (C=O) groups is 3. The Hall–Kier alpha value is -4.25. The third kappa shape index (κ3) is 12.9. The number of aromatic nitrogens is 1. The lowest BCUT2D eigenvalue weighted by atomic mass is 10.0. The number of nitrogens with zero attached hydrogens (tertiary/aromatic N) is 2. The number of amides is 1. The van der Waals surface area contributed by atoms with Gasteiger partial charge in [0, 0.05) is 35.6 Å². The average molecular weight is 828 g/mol. The van der Waals surface area contributed by atoms with Gasteiger partial charge in [-0.15, -0.1) is 0 Å². The summed E-state index contributed by atoms with van der Waals surface area (Å²) >= 11 is 9.86. The van der Waals surface area contributed by atoms with Crippen LogP contribution in [-0.4, -0.2) is 70.1 Å². The number of rotatable bonds is 19. The number of hydrogen-bond acceptors (Lipinski definition) is 11. The van der Waals surface area contributed by atoms with Crippen molar-refractivity contribution in [3.63, 3.8) is 0 Å². The van der Waals surface area contributed by atoms with Gasteiger partial charge in [0.2, 0.25) is 0 Å². The molecule has 3 aromatic rings. The first kappa shape index (κ1) is 41.9. The van der Waals surface area contributed by atoms with Gasteiger partial charge in [0.15, 0.2) is 11.5 Å². The highest BCUT2D eigenvalue weighted by Gasteiger charge is 2.28. The van der Waals surface area contributed by atoms with E-state index in [0.717, 1.165) is 30.0 Å². The van der Waals surface area contributed by atoms with E-state index in [1.807, 2.05) is 0 Å². The molecule has 0 saturated heterocycles. The number of carbonyl (C=O) groups excluding carboxylic acids is 3. The zero-order valence-electron chi connectivity index (χ0n) is 30.2. The van der Waals surface area contributed by atoms with Crippen molar-refractivity contribution >= 4 is 58.0 Å². The second kappa shape index (κ2) is 18.6. The molecule has 0 radical (unpaired) electrons. The lowest BCUT2D eigenvalue weighted by Crippen LogP contribution is -2.36. The molecule has 2 aliphatic rings. The fraction of sp³-hybridized carbons (Fsp3) is 0.459. The van der Waals surface area contributed by atoms with Gasteiger partial charge in [-0.05, 0) is 99.7 Å². The summed E-state index contributed by atoms with van der Waals surface area (Å²) in [5.41, 5.74) is -0.0838. The molecule has 1 amide bonds. The minimum absolute atomic E-state index is 0.0116. The second-order valence-electron chi connectivity index (χ2n) is 14.1. The number of nitrogens with one attached hydrogen (secondary N) is 1. The largest absolute Gasteiger partial charge is 0.755 e. The van der Waals surface area contributed by atoms with E-state index < -0.39 is 60.5 Å². The van der Waals surface area contributed by atoms with E-state index in [0.29, 0.717) is 17.0 Å². The van der Waals surface area contributed by atoms with Crippen LogP contribution in [0.1, 0.15) is 74.0 Å². The fourth-order valence-electron chi connectivity index (χ4n) is 5.20. The predicted molar refractivity (Wildman–Crippen MR) is 197 cm³/mol. The van der Waals surface area contributed by atoms with Gasteiger partial charge < -0.3 is 33.6 Å². The van der Waals surface area contributed by atoms with Crippen LogP contribution in [0.15, 0.2) is 48.8 Å². The molecule has 5 rings (SSSR count). The van der Waals surface area contributed by atoms with Crippen molar-refractivity contribution in [1.82, 2.24) is 10.3 Å². The second-order valence-corrected chi connectivity index (χ2v) is 15.8. The van der Waals surface area contributed by atoms with Gasteiger partial charge >= 0.3 is 18.6 Å². The molecule has 2 atom stereocenters. The molecular formula is C37H40Cl2F2N3O10S-. The maximum Gasteiger partial charge on any atom is 0.387 e. The molecule has 2 aliphatic carbocycles. The topological polar surface area (TPSA) is 166 Å². The van der Waals surface area contributed by atoms with Crippen LogP contribution in [0.25, 0.3) is 0 Å². The zero-order valence-corrected chi connectivity index (χ0v) is 32.5. The Balaban J connectivity index is 1.33. The minimum atomic E-state index is -3.11. The quantitative estimate of drug-likeness (QED) is 0.100. The summed E-state index contributed by atoms with van der Waals surface area (Å²) in [6.45, 7) is 1.13. The molecule has 0 aliphatic heterocycles. The predicted octanol–water partition coefficient (Wildman–Crippen LogP) is 6.77. The standard InChI is InChI=1S/C37H41Cl2F2N3O10S/c1-37(2,3)54-34(46)18-44(55(48)49)28-10-8-24(13-31(28)50-19-21-4-5-21)35(47)43-17-33(45)52-30(14-25-26(38)15-42-16-27(25)39)23-9-11-29(53-36(40)41)32(12-23)51-20-22-6-7-22/h8-13,15-16,21-22,30,36H,4-7,14,17-20H2,1-3H3,(H,43,47)(H,48,49)/p-1/t30-/m0/s1. The highest BCUT2D eigenvalue weighted by Crippen LogP contribution is 2.38. The Labute approximate surface area is 329 Å².